The maximum absolute atomic E-state index is 12.4. The largest absolute Gasteiger partial charge is 0.290 e. The molecule has 0 spiro atoms. The lowest BCUT2D eigenvalue weighted by Gasteiger charge is -2.09. The summed E-state index contributed by atoms with van der Waals surface area (Å²) in [6.45, 7) is 0. The molecule has 4 rings (SSSR count). The van der Waals surface area contributed by atoms with Crippen molar-refractivity contribution >= 4 is 39.9 Å². The highest BCUT2D eigenvalue weighted by atomic mass is 35.5. The molecule has 0 N–H and O–H groups in total. The Hall–Kier alpha value is -2.64. The third kappa shape index (κ3) is 3.00. The van der Waals surface area contributed by atoms with E-state index in [1.165, 1.54) is 33.0 Å². The van der Waals surface area contributed by atoms with Crippen LogP contribution in [0.2, 0.25) is 5.02 Å². The lowest BCUT2D eigenvalue weighted by molar-refractivity contribution is 0.726. The minimum absolute atomic E-state index is 0.0979. The van der Waals surface area contributed by atoms with Crippen LogP contribution in [0, 0.1) is 0 Å². The number of hydrogen-bond acceptors (Lipinski definition) is 5. The van der Waals surface area contributed by atoms with Gasteiger partial charge in [-0.3, -0.25) is 18.6 Å². The first kappa shape index (κ1) is 16.8. The minimum Gasteiger partial charge on any atom is -0.290 e. The molecule has 0 fully saturated rings. The van der Waals surface area contributed by atoms with Crippen LogP contribution in [0.5, 0.6) is 0 Å². The summed E-state index contributed by atoms with van der Waals surface area (Å²) in [6.07, 6.45) is 1.54. The zero-order valence-corrected chi connectivity index (χ0v) is 15.3. The van der Waals surface area contributed by atoms with Gasteiger partial charge in [0, 0.05) is 25.1 Å². The van der Waals surface area contributed by atoms with Crippen LogP contribution in [-0.2, 0) is 12.8 Å². The Bertz CT molecular complexity index is 1270. The van der Waals surface area contributed by atoms with Gasteiger partial charge in [-0.1, -0.05) is 35.5 Å². The topological polar surface area (TPSA) is 69.3 Å². The molecule has 0 aliphatic carbocycles. The third-order valence-corrected chi connectivity index (χ3v) is 5.25. The van der Waals surface area contributed by atoms with E-state index in [9.17, 15) is 9.59 Å². The summed E-state index contributed by atoms with van der Waals surface area (Å²) in [6, 6.07) is 12.1. The van der Waals surface area contributed by atoms with Gasteiger partial charge in [-0.25, -0.2) is 9.97 Å². The Labute approximate surface area is 157 Å². The van der Waals surface area contributed by atoms with E-state index in [2.05, 4.69) is 9.97 Å². The van der Waals surface area contributed by atoms with Crippen LogP contribution in [-0.4, -0.2) is 18.9 Å². The molecule has 0 amide bonds. The molecule has 0 atom stereocenters. The van der Waals surface area contributed by atoms with Gasteiger partial charge in [0.15, 0.2) is 5.16 Å². The van der Waals surface area contributed by atoms with Crippen molar-refractivity contribution in [2.45, 2.75) is 10.9 Å². The summed E-state index contributed by atoms with van der Waals surface area (Å²) >= 11 is 7.28. The van der Waals surface area contributed by atoms with Crippen LogP contribution in [0.3, 0.4) is 0 Å². The number of para-hydroxylation sites is 1. The van der Waals surface area contributed by atoms with Crippen LogP contribution in [0.1, 0.15) is 5.69 Å². The molecule has 1 aromatic carbocycles. The van der Waals surface area contributed by atoms with Crippen LogP contribution < -0.4 is 11.1 Å². The van der Waals surface area contributed by atoms with E-state index in [0.29, 0.717) is 38.2 Å². The second kappa shape index (κ2) is 6.59. The number of pyridine rings is 1. The Morgan fingerprint density at radius 3 is 2.77 bits per heavy atom. The second-order valence-electron chi connectivity index (χ2n) is 5.73. The van der Waals surface area contributed by atoms with Crippen molar-refractivity contribution in [2.24, 2.45) is 7.05 Å². The number of benzene rings is 1. The van der Waals surface area contributed by atoms with Crippen LogP contribution >= 0.6 is 23.4 Å². The van der Waals surface area contributed by atoms with Crippen molar-refractivity contribution in [1.82, 2.24) is 18.9 Å². The zero-order chi connectivity index (χ0) is 18.3. The molecule has 0 aliphatic heterocycles. The highest BCUT2D eigenvalue weighted by Gasteiger charge is 2.10. The molecule has 130 valence electrons. The summed E-state index contributed by atoms with van der Waals surface area (Å²) in [5.41, 5.74) is 1.50. The molecular weight excluding hydrogens is 372 g/mol. The maximum atomic E-state index is 12.4. The number of nitrogens with zero attached hydrogens (tertiary/aromatic N) is 4. The van der Waals surface area contributed by atoms with Crippen LogP contribution in [0.25, 0.3) is 16.6 Å². The molecule has 4 aromatic rings. The summed E-state index contributed by atoms with van der Waals surface area (Å²) in [4.78, 5) is 33.7. The zero-order valence-electron chi connectivity index (χ0n) is 13.7. The standard InChI is InChI=1S/C18H13ClN4O2S/c1-22-17(25)13-4-2-3-5-14(13)21-18(22)26-10-12-8-16(24)23-9-11(19)6-7-15(23)20-12/h2-9H,10H2,1H3. The van der Waals surface area contributed by atoms with Gasteiger partial charge in [0.25, 0.3) is 11.1 Å². The van der Waals surface area contributed by atoms with Crippen LogP contribution in [0.15, 0.2) is 63.4 Å². The fourth-order valence-corrected chi connectivity index (χ4v) is 3.69. The third-order valence-electron chi connectivity index (χ3n) is 3.97. The lowest BCUT2D eigenvalue weighted by atomic mass is 10.2. The SMILES string of the molecule is Cn1c(SCc2cc(=O)n3cc(Cl)ccc3n2)nc2ccccc2c1=O. The fourth-order valence-electron chi connectivity index (χ4n) is 2.67. The monoisotopic (exact) mass is 384 g/mol. The summed E-state index contributed by atoms with van der Waals surface area (Å²) in [5.74, 6) is 0.424. The van der Waals surface area contributed by atoms with Gasteiger partial charge in [-0.15, -0.1) is 0 Å². The van der Waals surface area contributed by atoms with Gasteiger partial charge >= 0.3 is 0 Å². The van der Waals surface area contributed by atoms with Crippen molar-refractivity contribution < 1.29 is 0 Å². The average Bonchev–Trinajstić information content (AvgIpc) is 2.64. The Morgan fingerprint density at radius 1 is 1.12 bits per heavy atom. The Kier molecular flexibility index (Phi) is 4.26. The van der Waals surface area contributed by atoms with Gasteiger partial charge in [0.1, 0.15) is 5.65 Å². The minimum atomic E-state index is -0.201. The number of fused-ring (bicyclic) bond motifs is 2. The van der Waals surface area contributed by atoms with Crippen molar-refractivity contribution in [3.8, 4) is 0 Å². The lowest BCUT2D eigenvalue weighted by Crippen LogP contribution is -2.20. The van der Waals surface area contributed by atoms with E-state index in [1.807, 2.05) is 18.2 Å². The summed E-state index contributed by atoms with van der Waals surface area (Å²) in [5, 5.41) is 1.63. The van der Waals surface area contributed by atoms with E-state index in [-0.39, 0.29) is 11.1 Å². The molecule has 0 unspecified atom stereocenters. The van der Waals surface area contributed by atoms with Gasteiger partial charge in [0.2, 0.25) is 0 Å². The second-order valence-corrected chi connectivity index (χ2v) is 7.10. The molecule has 3 heterocycles. The first-order valence-corrected chi connectivity index (χ1v) is 9.16. The molecule has 0 saturated heterocycles. The number of aromatic nitrogens is 4. The predicted octanol–water partition coefficient (Wildman–Crippen LogP) is 2.89. The predicted molar refractivity (Wildman–Crippen MR) is 103 cm³/mol. The number of rotatable bonds is 3. The molecule has 0 saturated carbocycles. The molecule has 6 nitrogen and oxygen atoms in total. The van der Waals surface area contributed by atoms with Crippen molar-refractivity contribution in [2.75, 3.05) is 0 Å². The highest BCUT2D eigenvalue weighted by Crippen LogP contribution is 2.20. The molecule has 0 aliphatic rings. The van der Waals surface area contributed by atoms with Crippen molar-refractivity contribution in [1.29, 1.82) is 0 Å². The van der Waals surface area contributed by atoms with E-state index < -0.39 is 0 Å². The normalized spacial score (nSPS) is 11.3. The van der Waals surface area contributed by atoms with E-state index in [0.717, 1.165) is 0 Å². The smallest absolute Gasteiger partial charge is 0.261 e. The van der Waals surface area contributed by atoms with E-state index in [4.69, 9.17) is 11.6 Å². The maximum Gasteiger partial charge on any atom is 0.261 e. The summed E-state index contributed by atoms with van der Waals surface area (Å²) < 4.78 is 2.92. The van der Waals surface area contributed by atoms with Gasteiger partial charge in [-0.2, -0.15) is 0 Å². The first-order valence-electron chi connectivity index (χ1n) is 7.79. The number of hydrogen-bond donors (Lipinski definition) is 0. The number of halogens is 1. The number of thioether (sulfide) groups is 1. The highest BCUT2D eigenvalue weighted by molar-refractivity contribution is 7.98. The molecule has 3 aromatic heterocycles. The van der Waals surface area contributed by atoms with Crippen molar-refractivity contribution in [3.05, 3.63) is 80.1 Å². The molecule has 26 heavy (non-hydrogen) atoms. The molecule has 0 radical (unpaired) electrons. The first-order chi connectivity index (χ1) is 12.5. The van der Waals surface area contributed by atoms with Gasteiger partial charge < -0.3 is 0 Å². The van der Waals surface area contributed by atoms with E-state index >= 15 is 0 Å². The Morgan fingerprint density at radius 2 is 1.92 bits per heavy atom. The molecule has 0 bridgehead atoms. The summed E-state index contributed by atoms with van der Waals surface area (Å²) in [7, 11) is 1.69. The van der Waals surface area contributed by atoms with Gasteiger partial charge in [0.05, 0.1) is 21.6 Å². The quantitative estimate of drug-likeness (QED) is 0.401. The van der Waals surface area contributed by atoms with Gasteiger partial charge in [-0.05, 0) is 24.3 Å². The molecular formula is C18H13ClN4O2S. The van der Waals surface area contributed by atoms with Crippen molar-refractivity contribution in [3.63, 3.8) is 0 Å². The Balaban J connectivity index is 1.69. The van der Waals surface area contributed by atoms with Crippen LogP contribution in [0.4, 0.5) is 0 Å². The fraction of sp³-hybridized carbons (Fsp3) is 0.111. The molecule has 8 heteroatoms. The average molecular weight is 385 g/mol. The van der Waals surface area contributed by atoms with E-state index in [1.54, 1.807) is 25.2 Å².